The second-order valence-corrected chi connectivity index (χ2v) is 9.11. The Bertz CT molecular complexity index is 952. The fourth-order valence-corrected chi connectivity index (χ4v) is 4.92. The van der Waals surface area contributed by atoms with E-state index in [-0.39, 0.29) is 23.1 Å². The van der Waals surface area contributed by atoms with E-state index >= 15 is 0 Å². The minimum Gasteiger partial charge on any atom is -0.379 e. The van der Waals surface area contributed by atoms with Crippen LogP contribution in [-0.2, 0) is 26.7 Å². The van der Waals surface area contributed by atoms with Crippen molar-refractivity contribution in [1.82, 2.24) is 25.0 Å². The van der Waals surface area contributed by atoms with Crippen molar-refractivity contribution in [1.29, 1.82) is 0 Å². The van der Waals surface area contributed by atoms with E-state index in [9.17, 15) is 13.2 Å². The molecule has 2 aromatic rings. The van der Waals surface area contributed by atoms with E-state index < -0.39 is 9.84 Å². The lowest BCUT2D eigenvalue weighted by atomic mass is 10.1. The van der Waals surface area contributed by atoms with Gasteiger partial charge in [-0.05, 0) is 12.1 Å². The maximum absolute atomic E-state index is 12.8. The zero-order chi connectivity index (χ0) is 19.6. The summed E-state index contributed by atoms with van der Waals surface area (Å²) in [6.45, 7) is 4.28. The summed E-state index contributed by atoms with van der Waals surface area (Å²) in [6, 6.07) is 5.41. The van der Waals surface area contributed by atoms with Crippen LogP contribution in [0, 0.1) is 0 Å². The second-order valence-electron chi connectivity index (χ2n) is 6.93. The van der Waals surface area contributed by atoms with E-state index in [0.717, 1.165) is 25.3 Å². The third kappa shape index (κ3) is 4.08. The molecule has 0 aromatic carbocycles. The molecule has 2 aliphatic rings. The Labute approximate surface area is 163 Å². The molecule has 0 atom stereocenters. The van der Waals surface area contributed by atoms with Crippen molar-refractivity contribution >= 4 is 15.7 Å². The van der Waals surface area contributed by atoms with Crippen LogP contribution >= 0.6 is 0 Å². The number of aromatic nitrogens is 3. The average Bonchev–Trinajstić information content (AvgIpc) is 3.07. The van der Waals surface area contributed by atoms with Gasteiger partial charge in [-0.25, -0.2) is 18.1 Å². The predicted molar refractivity (Wildman–Crippen MR) is 102 cm³/mol. The largest absolute Gasteiger partial charge is 0.379 e. The Morgan fingerprint density at radius 2 is 2.07 bits per heavy atom. The number of nitrogens with zero attached hydrogens (tertiary/aromatic N) is 4. The van der Waals surface area contributed by atoms with E-state index in [2.05, 4.69) is 20.3 Å². The van der Waals surface area contributed by atoms with Gasteiger partial charge in [0.1, 0.15) is 0 Å². The molecule has 0 radical (unpaired) electrons. The summed E-state index contributed by atoms with van der Waals surface area (Å²) >= 11 is 0. The van der Waals surface area contributed by atoms with Gasteiger partial charge < -0.3 is 10.1 Å². The Balaban J connectivity index is 1.55. The highest BCUT2D eigenvalue weighted by atomic mass is 32.2. The van der Waals surface area contributed by atoms with Gasteiger partial charge in [-0.15, -0.1) is 0 Å². The van der Waals surface area contributed by atoms with Gasteiger partial charge in [-0.2, -0.15) is 5.10 Å². The van der Waals surface area contributed by atoms with Crippen LogP contribution in [0.15, 0.2) is 24.4 Å². The Hall–Kier alpha value is -2.30. The first-order valence-electron chi connectivity index (χ1n) is 9.34. The van der Waals surface area contributed by atoms with Crippen molar-refractivity contribution in [3.8, 4) is 5.82 Å². The lowest BCUT2D eigenvalue weighted by molar-refractivity contribution is 0.0383. The van der Waals surface area contributed by atoms with Crippen LogP contribution in [0.4, 0.5) is 0 Å². The monoisotopic (exact) mass is 405 g/mol. The third-order valence-corrected chi connectivity index (χ3v) is 6.56. The molecule has 2 aliphatic heterocycles. The van der Waals surface area contributed by atoms with E-state index in [1.807, 2.05) is 6.07 Å². The molecule has 1 amide bonds. The lowest BCUT2D eigenvalue weighted by Gasteiger charge is -2.26. The van der Waals surface area contributed by atoms with E-state index in [1.54, 1.807) is 23.0 Å². The number of fused-ring (bicyclic) bond motifs is 1. The van der Waals surface area contributed by atoms with Crippen molar-refractivity contribution in [3.63, 3.8) is 0 Å². The summed E-state index contributed by atoms with van der Waals surface area (Å²) in [4.78, 5) is 19.3. The molecule has 10 heteroatoms. The number of ether oxygens (including phenoxy) is 1. The van der Waals surface area contributed by atoms with Crippen molar-refractivity contribution in [2.24, 2.45) is 0 Å². The van der Waals surface area contributed by atoms with Crippen LogP contribution in [0.1, 0.15) is 21.7 Å². The van der Waals surface area contributed by atoms with E-state index in [1.165, 1.54) is 0 Å². The zero-order valence-electron chi connectivity index (χ0n) is 15.5. The smallest absolute Gasteiger partial charge is 0.272 e. The van der Waals surface area contributed by atoms with Gasteiger partial charge in [0.2, 0.25) is 0 Å². The van der Waals surface area contributed by atoms with Crippen LogP contribution in [0.5, 0.6) is 0 Å². The van der Waals surface area contributed by atoms with E-state index in [0.29, 0.717) is 37.6 Å². The number of hydrogen-bond acceptors (Lipinski definition) is 7. The van der Waals surface area contributed by atoms with Gasteiger partial charge in [0.25, 0.3) is 5.91 Å². The van der Waals surface area contributed by atoms with Gasteiger partial charge in [0, 0.05) is 44.4 Å². The van der Waals surface area contributed by atoms with Gasteiger partial charge in [0.15, 0.2) is 21.3 Å². The van der Waals surface area contributed by atoms with Crippen molar-refractivity contribution in [2.75, 3.05) is 45.1 Å². The molecule has 1 N–H and O–H groups in total. The first-order valence-corrected chi connectivity index (χ1v) is 11.2. The summed E-state index contributed by atoms with van der Waals surface area (Å²) in [7, 11) is -3.23. The average molecular weight is 405 g/mol. The molecule has 4 rings (SSSR count). The summed E-state index contributed by atoms with van der Waals surface area (Å²) in [6.07, 6.45) is 1.97. The topological polar surface area (TPSA) is 106 Å². The summed E-state index contributed by atoms with van der Waals surface area (Å²) in [5.41, 5.74) is 1.40. The molecule has 1 saturated heterocycles. The molecule has 2 aromatic heterocycles. The van der Waals surface area contributed by atoms with Crippen LogP contribution < -0.4 is 5.32 Å². The molecular weight excluding hydrogens is 382 g/mol. The number of carbonyl (C=O) groups excluding carboxylic acids is 1. The highest BCUT2D eigenvalue weighted by Crippen LogP contribution is 2.26. The van der Waals surface area contributed by atoms with Crippen molar-refractivity contribution in [2.45, 2.75) is 12.2 Å². The van der Waals surface area contributed by atoms with Crippen molar-refractivity contribution in [3.05, 3.63) is 41.3 Å². The summed E-state index contributed by atoms with van der Waals surface area (Å²) < 4.78 is 31.2. The number of pyridine rings is 1. The molecule has 28 heavy (non-hydrogen) atoms. The van der Waals surface area contributed by atoms with Crippen molar-refractivity contribution < 1.29 is 17.9 Å². The Morgan fingerprint density at radius 1 is 1.25 bits per heavy atom. The molecule has 0 spiro atoms. The van der Waals surface area contributed by atoms with Crippen LogP contribution in [0.25, 0.3) is 5.82 Å². The zero-order valence-corrected chi connectivity index (χ0v) is 16.3. The number of amides is 1. The Morgan fingerprint density at radius 3 is 2.82 bits per heavy atom. The second kappa shape index (κ2) is 7.98. The van der Waals surface area contributed by atoms with Gasteiger partial charge in [-0.1, -0.05) is 6.07 Å². The first-order chi connectivity index (χ1) is 13.5. The molecule has 150 valence electrons. The number of rotatable bonds is 5. The van der Waals surface area contributed by atoms with Gasteiger partial charge in [-0.3, -0.25) is 9.69 Å². The fraction of sp³-hybridized carbons (Fsp3) is 0.500. The fourth-order valence-electron chi connectivity index (χ4n) is 3.52. The first kappa shape index (κ1) is 19.0. The van der Waals surface area contributed by atoms with Crippen LogP contribution in [0.2, 0.25) is 0 Å². The quantitative estimate of drug-likeness (QED) is 0.734. The maximum atomic E-state index is 12.8. The van der Waals surface area contributed by atoms with Gasteiger partial charge >= 0.3 is 0 Å². The summed E-state index contributed by atoms with van der Waals surface area (Å²) in [5.74, 6) is 0.111. The van der Waals surface area contributed by atoms with E-state index in [4.69, 9.17) is 4.74 Å². The normalized spacial score (nSPS) is 19.1. The molecular formula is C18H23N5O4S. The van der Waals surface area contributed by atoms with Gasteiger partial charge in [0.05, 0.1) is 30.4 Å². The van der Waals surface area contributed by atoms with Crippen LogP contribution in [-0.4, -0.2) is 79.1 Å². The molecule has 0 bridgehead atoms. The molecule has 0 saturated carbocycles. The maximum Gasteiger partial charge on any atom is 0.272 e. The number of carbonyl (C=O) groups is 1. The molecule has 9 nitrogen and oxygen atoms in total. The predicted octanol–water partition coefficient (Wildman–Crippen LogP) is -0.200. The minimum atomic E-state index is -3.23. The highest BCUT2D eigenvalue weighted by Gasteiger charge is 2.32. The SMILES string of the molecule is O=C(NCCN1CCOCC1)c1nn(-c2ccccn2)c2c1CS(=O)(=O)CC2. The standard InChI is InChI=1S/C18H23N5O4S/c24-18(20-6-7-22-8-10-27-11-9-22)17-14-13-28(25,26)12-4-15(14)23(21-17)16-3-1-2-5-19-16/h1-3,5H,4,6-13H2,(H,20,24). The minimum absolute atomic E-state index is 0.0522. The summed E-state index contributed by atoms with van der Waals surface area (Å²) in [5, 5.41) is 7.31. The molecule has 0 unspecified atom stereocenters. The number of morpholine rings is 1. The molecule has 4 heterocycles. The highest BCUT2D eigenvalue weighted by molar-refractivity contribution is 7.90. The lowest BCUT2D eigenvalue weighted by Crippen LogP contribution is -2.41. The number of sulfone groups is 1. The third-order valence-electron chi connectivity index (χ3n) is 5.00. The molecule has 1 fully saturated rings. The Kier molecular flexibility index (Phi) is 5.42. The van der Waals surface area contributed by atoms with Crippen LogP contribution in [0.3, 0.4) is 0 Å². The number of nitrogens with one attached hydrogen (secondary N) is 1. The molecule has 0 aliphatic carbocycles. The number of hydrogen-bond donors (Lipinski definition) is 1.